The fourth-order valence-corrected chi connectivity index (χ4v) is 5.05. The van der Waals surface area contributed by atoms with E-state index in [2.05, 4.69) is 12.2 Å². The van der Waals surface area contributed by atoms with Crippen LogP contribution in [0.15, 0.2) is 0 Å². The predicted octanol–water partition coefficient (Wildman–Crippen LogP) is 4.82. The van der Waals surface area contributed by atoms with E-state index in [9.17, 15) is 0 Å². The summed E-state index contributed by atoms with van der Waals surface area (Å²) in [5.41, 5.74) is 0.321. The lowest BCUT2D eigenvalue weighted by Crippen LogP contribution is -2.38. The molecule has 3 atom stereocenters. The van der Waals surface area contributed by atoms with Gasteiger partial charge in [-0.15, -0.1) is 0 Å². The van der Waals surface area contributed by atoms with Gasteiger partial charge in [0.05, 0.1) is 11.7 Å². The van der Waals surface area contributed by atoms with Crippen LogP contribution in [0.5, 0.6) is 0 Å². The lowest BCUT2D eigenvalue weighted by atomic mass is 9.88. The van der Waals surface area contributed by atoms with Crippen LogP contribution in [-0.2, 0) is 4.74 Å². The minimum Gasteiger partial charge on any atom is -0.372 e. The summed E-state index contributed by atoms with van der Waals surface area (Å²) in [6.07, 6.45) is 18.4. The first-order valence-corrected chi connectivity index (χ1v) is 9.72. The number of hydrogen-bond acceptors (Lipinski definition) is 2. The van der Waals surface area contributed by atoms with Gasteiger partial charge in [-0.25, -0.2) is 0 Å². The molecule has 1 aliphatic heterocycles. The van der Waals surface area contributed by atoms with Crippen LogP contribution in [0.4, 0.5) is 0 Å². The molecule has 21 heavy (non-hydrogen) atoms. The highest BCUT2D eigenvalue weighted by Crippen LogP contribution is 2.45. The molecule has 2 nitrogen and oxygen atoms in total. The maximum atomic E-state index is 6.58. The summed E-state index contributed by atoms with van der Waals surface area (Å²) in [5, 5.41) is 3.84. The Labute approximate surface area is 131 Å². The number of nitrogens with one attached hydrogen (secondary N) is 1. The molecule has 1 saturated heterocycles. The zero-order valence-corrected chi connectivity index (χ0v) is 14.0. The van der Waals surface area contributed by atoms with Gasteiger partial charge in [-0.1, -0.05) is 39.0 Å². The van der Waals surface area contributed by atoms with Crippen molar-refractivity contribution in [3.8, 4) is 0 Å². The van der Waals surface area contributed by atoms with Gasteiger partial charge in [-0.05, 0) is 63.8 Å². The van der Waals surface area contributed by atoms with E-state index < -0.39 is 0 Å². The smallest absolute Gasteiger partial charge is 0.0687 e. The molecule has 2 saturated carbocycles. The Morgan fingerprint density at radius 1 is 0.952 bits per heavy atom. The third kappa shape index (κ3) is 4.01. The third-order valence-corrected chi connectivity index (χ3v) is 6.23. The van der Waals surface area contributed by atoms with Crippen LogP contribution in [-0.4, -0.2) is 24.3 Å². The second kappa shape index (κ2) is 7.46. The molecule has 3 aliphatic rings. The molecule has 1 heterocycles. The summed E-state index contributed by atoms with van der Waals surface area (Å²) in [6.45, 7) is 3.47. The van der Waals surface area contributed by atoms with E-state index in [1.54, 1.807) is 0 Å². The average molecular weight is 293 g/mol. The molecule has 2 heteroatoms. The van der Waals surface area contributed by atoms with Crippen molar-refractivity contribution in [1.29, 1.82) is 0 Å². The summed E-state index contributed by atoms with van der Waals surface area (Å²) >= 11 is 0. The molecule has 0 bridgehead atoms. The summed E-state index contributed by atoms with van der Waals surface area (Å²) in [4.78, 5) is 0. The first-order valence-electron chi connectivity index (χ1n) is 9.72. The van der Waals surface area contributed by atoms with E-state index >= 15 is 0 Å². The van der Waals surface area contributed by atoms with Gasteiger partial charge in [0.25, 0.3) is 0 Å². The highest BCUT2D eigenvalue weighted by molar-refractivity contribution is 4.94. The molecule has 122 valence electrons. The van der Waals surface area contributed by atoms with Crippen molar-refractivity contribution in [3.63, 3.8) is 0 Å². The SMILES string of the molecule is CCCNC1CCCCCC1CC1CCC2(CCCC2)O1. The van der Waals surface area contributed by atoms with Crippen molar-refractivity contribution >= 4 is 0 Å². The molecule has 0 radical (unpaired) electrons. The first kappa shape index (κ1) is 15.8. The molecule has 0 aromatic carbocycles. The molecule has 0 aromatic rings. The van der Waals surface area contributed by atoms with Crippen LogP contribution in [0.25, 0.3) is 0 Å². The highest BCUT2D eigenvalue weighted by Gasteiger charge is 2.43. The highest BCUT2D eigenvalue weighted by atomic mass is 16.5. The van der Waals surface area contributed by atoms with Gasteiger partial charge in [0.15, 0.2) is 0 Å². The Hall–Kier alpha value is -0.0800. The Kier molecular flexibility index (Phi) is 5.61. The van der Waals surface area contributed by atoms with Crippen molar-refractivity contribution in [2.24, 2.45) is 5.92 Å². The Morgan fingerprint density at radius 3 is 2.57 bits per heavy atom. The Morgan fingerprint density at radius 2 is 1.76 bits per heavy atom. The summed E-state index contributed by atoms with van der Waals surface area (Å²) in [5.74, 6) is 0.862. The standard InChI is InChI=1S/C19H35NO/c1-2-14-20-18-9-5-3-4-8-16(18)15-17-10-13-19(21-17)11-6-7-12-19/h16-18,20H,2-15H2,1H3. The molecule has 3 rings (SSSR count). The van der Waals surface area contributed by atoms with Gasteiger partial charge in [0.1, 0.15) is 0 Å². The van der Waals surface area contributed by atoms with Crippen molar-refractivity contribution in [1.82, 2.24) is 5.32 Å². The lowest BCUT2D eigenvalue weighted by Gasteiger charge is -2.30. The third-order valence-electron chi connectivity index (χ3n) is 6.23. The summed E-state index contributed by atoms with van der Waals surface area (Å²) < 4.78 is 6.58. The average Bonchev–Trinajstić information content (AvgIpc) is 3.05. The van der Waals surface area contributed by atoms with Gasteiger partial charge in [0.2, 0.25) is 0 Å². The van der Waals surface area contributed by atoms with Gasteiger partial charge >= 0.3 is 0 Å². The quantitative estimate of drug-likeness (QED) is 0.734. The van der Waals surface area contributed by atoms with E-state index in [0.29, 0.717) is 11.7 Å². The molecular formula is C19H35NO. The van der Waals surface area contributed by atoms with E-state index in [0.717, 1.165) is 12.0 Å². The van der Waals surface area contributed by atoms with Gasteiger partial charge < -0.3 is 10.1 Å². The Balaban J connectivity index is 1.53. The van der Waals surface area contributed by atoms with E-state index in [-0.39, 0.29) is 0 Å². The van der Waals surface area contributed by atoms with Crippen LogP contribution < -0.4 is 5.32 Å². The zero-order chi connectivity index (χ0) is 14.5. The zero-order valence-electron chi connectivity index (χ0n) is 14.0. The second-order valence-corrected chi connectivity index (χ2v) is 7.86. The fraction of sp³-hybridized carbons (Fsp3) is 1.00. The summed E-state index contributed by atoms with van der Waals surface area (Å²) in [6, 6.07) is 0.760. The molecule has 0 amide bonds. The van der Waals surface area contributed by atoms with E-state index in [4.69, 9.17) is 4.74 Å². The van der Waals surface area contributed by atoms with Crippen LogP contribution in [0.3, 0.4) is 0 Å². The Bertz CT molecular complexity index is 311. The lowest BCUT2D eigenvalue weighted by molar-refractivity contribution is -0.0462. The van der Waals surface area contributed by atoms with Crippen LogP contribution in [0.1, 0.15) is 90.4 Å². The largest absolute Gasteiger partial charge is 0.372 e. The van der Waals surface area contributed by atoms with E-state index in [1.165, 1.54) is 90.0 Å². The maximum absolute atomic E-state index is 6.58. The second-order valence-electron chi connectivity index (χ2n) is 7.86. The minimum atomic E-state index is 0.321. The van der Waals surface area contributed by atoms with Crippen LogP contribution in [0, 0.1) is 5.92 Å². The van der Waals surface area contributed by atoms with Crippen LogP contribution in [0.2, 0.25) is 0 Å². The molecule has 0 aromatic heterocycles. The molecule has 1 N–H and O–H groups in total. The molecular weight excluding hydrogens is 258 g/mol. The monoisotopic (exact) mass is 293 g/mol. The van der Waals surface area contributed by atoms with Crippen molar-refractivity contribution < 1.29 is 4.74 Å². The molecule has 1 spiro atoms. The first-order chi connectivity index (χ1) is 10.3. The predicted molar refractivity (Wildman–Crippen MR) is 88.6 cm³/mol. The van der Waals surface area contributed by atoms with Gasteiger partial charge in [-0.2, -0.15) is 0 Å². The fourth-order valence-electron chi connectivity index (χ4n) is 5.05. The minimum absolute atomic E-state index is 0.321. The molecule has 3 unspecified atom stereocenters. The topological polar surface area (TPSA) is 21.3 Å². The van der Waals surface area contributed by atoms with E-state index in [1.807, 2.05) is 0 Å². The normalized spacial score (nSPS) is 36.1. The molecule has 2 aliphatic carbocycles. The maximum Gasteiger partial charge on any atom is 0.0687 e. The number of ether oxygens (including phenoxy) is 1. The summed E-state index contributed by atoms with van der Waals surface area (Å²) in [7, 11) is 0. The van der Waals surface area contributed by atoms with Crippen molar-refractivity contribution in [2.45, 2.75) is 108 Å². The van der Waals surface area contributed by atoms with Crippen molar-refractivity contribution in [3.05, 3.63) is 0 Å². The van der Waals surface area contributed by atoms with Crippen LogP contribution >= 0.6 is 0 Å². The number of rotatable bonds is 5. The van der Waals surface area contributed by atoms with Crippen molar-refractivity contribution in [2.75, 3.05) is 6.54 Å². The molecule has 3 fully saturated rings. The van der Waals surface area contributed by atoms with Gasteiger partial charge in [0, 0.05) is 6.04 Å². The number of hydrogen-bond donors (Lipinski definition) is 1. The van der Waals surface area contributed by atoms with Gasteiger partial charge in [-0.3, -0.25) is 0 Å².